The van der Waals surface area contributed by atoms with Crippen LogP contribution in [0.2, 0.25) is 0 Å². The number of piperazine rings is 1. The van der Waals surface area contributed by atoms with E-state index in [0.717, 1.165) is 49.3 Å². The van der Waals surface area contributed by atoms with Crippen LogP contribution in [0.5, 0.6) is 0 Å². The van der Waals surface area contributed by atoms with Gasteiger partial charge in [-0.05, 0) is 37.5 Å². The highest BCUT2D eigenvalue weighted by molar-refractivity contribution is 5.75. The van der Waals surface area contributed by atoms with E-state index in [4.69, 9.17) is 4.42 Å². The smallest absolute Gasteiger partial charge is 0.298 e. The number of hydrogen-bond donors (Lipinski definition) is 0. The predicted octanol–water partition coefficient (Wildman–Crippen LogP) is 2.42. The second kappa shape index (κ2) is 4.23. The van der Waals surface area contributed by atoms with Gasteiger partial charge >= 0.3 is 0 Å². The minimum atomic E-state index is 0.788. The largest absolute Gasteiger partial charge is 0.423 e. The van der Waals surface area contributed by atoms with Gasteiger partial charge in [0.25, 0.3) is 6.01 Å². The molecule has 1 aromatic carbocycles. The normalized spacial score (nSPS) is 21.2. The number of oxazole rings is 1. The van der Waals surface area contributed by atoms with Gasteiger partial charge in [0, 0.05) is 32.2 Å². The highest BCUT2D eigenvalue weighted by Crippen LogP contribution is 2.29. The van der Waals surface area contributed by atoms with Gasteiger partial charge in [0.2, 0.25) is 0 Å². The first-order valence-electron chi connectivity index (χ1n) is 7.16. The molecule has 1 aliphatic heterocycles. The van der Waals surface area contributed by atoms with E-state index in [9.17, 15) is 0 Å². The zero-order valence-electron chi connectivity index (χ0n) is 11.3. The van der Waals surface area contributed by atoms with Gasteiger partial charge in [-0.1, -0.05) is 6.07 Å². The third-order valence-electron chi connectivity index (χ3n) is 4.18. The van der Waals surface area contributed by atoms with E-state index < -0.39 is 0 Å². The van der Waals surface area contributed by atoms with Crippen LogP contribution in [0.25, 0.3) is 11.1 Å². The standard InChI is InChI=1S/C15H19N3O/c1-11-2-5-14-13(10-11)16-15(19-14)18-8-6-17(7-9-18)12-3-4-12/h2,5,10,12H,3-4,6-9H2,1H3. The van der Waals surface area contributed by atoms with Crippen molar-refractivity contribution in [2.24, 2.45) is 0 Å². The first-order chi connectivity index (χ1) is 9.29. The Kier molecular flexibility index (Phi) is 2.52. The van der Waals surface area contributed by atoms with Crippen molar-refractivity contribution in [2.45, 2.75) is 25.8 Å². The molecule has 100 valence electrons. The second-order valence-corrected chi connectivity index (χ2v) is 5.72. The van der Waals surface area contributed by atoms with Gasteiger partial charge in [-0.2, -0.15) is 4.98 Å². The molecule has 1 aromatic heterocycles. The Morgan fingerprint density at radius 1 is 1.16 bits per heavy atom. The number of aromatic nitrogens is 1. The van der Waals surface area contributed by atoms with Crippen LogP contribution in [-0.2, 0) is 0 Å². The summed E-state index contributed by atoms with van der Waals surface area (Å²) in [7, 11) is 0. The fourth-order valence-electron chi connectivity index (χ4n) is 2.88. The maximum absolute atomic E-state index is 5.87. The summed E-state index contributed by atoms with van der Waals surface area (Å²) in [6.07, 6.45) is 2.78. The summed E-state index contributed by atoms with van der Waals surface area (Å²) < 4.78 is 5.87. The van der Waals surface area contributed by atoms with Crippen LogP contribution < -0.4 is 4.90 Å². The molecule has 0 bridgehead atoms. The van der Waals surface area contributed by atoms with E-state index in [-0.39, 0.29) is 0 Å². The number of fused-ring (bicyclic) bond motifs is 1. The van der Waals surface area contributed by atoms with Gasteiger partial charge < -0.3 is 9.32 Å². The Labute approximate surface area is 113 Å². The predicted molar refractivity (Wildman–Crippen MR) is 75.6 cm³/mol. The van der Waals surface area contributed by atoms with Gasteiger partial charge in [-0.15, -0.1) is 0 Å². The molecule has 0 unspecified atom stereocenters. The molecule has 1 saturated heterocycles. The molecule has 4 rings (SSSR count). The molecule has 0 radical (unpaired) electrons. The van der Waals surface area contributed by atoms with Crippen LogP contribution in [0.4, 0.5) is 6.01 Å². The SMILES string of the molecule is Cc1ccc2oc(N3CCN(C4CC4)CC3)nc2c1. The van der Waals surface area contributed by atoms with Crippen LogP contribution >= 0.6 is 0 Å². The molecule has 0 N–H and O–H groups in total. The van der Waals surface area contributed by atoms with E-state index in [1.165, 1.54) is 18.4 Å². The van der Waals surface area contributed by atoms with Crippen molar-refractivity contribution in [2.75, 3.05) is 31.1 Å². The van der Waals surface area contributed by atoms with Crippen LogP contribution in [0.3, 0.4) is 0 Å². The summed E-state index contributed by atoms with van der Waals surface area (Å²) in [4.78, 5) is 9.50. The summed E-state index contributed by atoms with van der Waals surface area (Å²) in [5.41, 5.74) is 3.09. The first kappa shape index (κ1) is 11.3. The molecule has 4 nitrogen and oxygen atoms in total. The number of nitrogens with zero attached hydrogens (tertiary/aromatic N) is 3. The van der Waals surface area contributed by atoms with Crippen molar-refractivity contribution in [1.29, 1.82) is 0 Å². The molecule has 0 atom stereocenters. The molecule has 1 aliphatic carbocycles. The summed E-state index contributed by atoms with van der Waals surface area (Å²) in [5, 5.41) is 0. The van der Waals surface area contributed by atoms with Crippen LogP contribution in [-0.4, -0.2) is 42.1 Å². The minimum Gasteiger partial charge on any atom is -0.423 e. The van der Waals surface area contributed by atoms with Crippen LogP contribution in [0.1, 0.15) is 18.4 Å². The lowest BCUT2D eigenvalue weighted by Crippen LogP contribution is -2.47. The maximum Gasteiger partial charge on any atom is 0.298 e. The number of aryl methyl sites for hydroxylation is 1. The van der Waals surface area contributed by atoms with Gasteiger partial charge in [-0.3, -0.25) is 4.90 Å². The van der Waals surface area contributed by atoms with Gasteiger partial charge in [0.1, 0.15) is 5.52 Å². The molecule has 4 heteroatoms. The number of benzene rings is 1. The molecule has 1 saturated carbocycles. The van der Waals surface area contributed by atoms with Crippen molar-refractivity contribution >= 4 is 17.1 Å². The molecular formula is C15H19N3O. The molecule has 2 aliphatic rings. The lowest BCUT2D eigenvalue weighted by atomic mass is 10.2. The summed E-state index contributed by atoms with van der Waals surface area (Å²) >= 11 is 0. The van der Waals surface area contributed by atoms with E-state index in [2.05, 4.69) is 33.8 Å². The topological polar surface area (TPSA) is 32.5 Å². The Morgan fingerprint density at radius 3 is 2.68 bits per heavy atom. The van der Waals surface area contributed by atoms with Crippen molar-refractivity contribution in [1.82, 2.24) is 9.88 Å². The highest BCUT2D eigenvalue weighted by atomic mass is 16.4. The monoisotopic (exact) mass is 257 g/mol. The van der Waals surface area contributed by atoms with Crippen molar-refractivity contribution < 1.29 is 4.42 Å². The molecule has 19 heavy (non-hydrogen) atoms. The Morgan fingerprint density at radius 2 is 1.95 bits per heavy atom. The summed E-state index contributed by atoms with van der Waals surface area (Å²) in [6, 6.07) is 7.83. The summed E-state index contributed by atoms with van der Waals surface area (Å²) in [5.74, 6) is 0. The Bertz CT molecular complexity index is 594. The average molecular weight is 257 g/mol. The number of hydrogen-bond acceptors (Lipinski definition) is 4. The zero-order valence-corrected chi connectivity index (χ0v) is 11.3. The third-order valence-corrected chi connectivity index (χ3v) is 4.18. The zero-order chi connectivity index (χ0) is 12.8. The van der Waals surface area contributed by atoms with E-state index >= 15 is 0 Å². The van der Waals surface area contributed by atoms with E-state index in [0.29, 0.717) is 0 Å². The molecular weight excluding hydrogens is 238 g/mol. The average Bonchev–Trinajstić information content (AvgIpc) is 3.19. The number of anilines is 1. The maximum atomic E-state index is 5.87. The highest BCUT2D eigenvalue weighted by Gasteiger charge is 2.32. The lowest BCUT2D eigenvalue weighted by molar-refractivity contribution is 0.244. The van der Waals surface area contributed by atoms with E-state index in [1.807, 2.05) is 6.07 Å². The fraction of sp³-hybridized carbons (Fsp3) is 0.533. The molecule has 2 fully saturated rings. The van der Waals surface area contributed by atoms with Crippen LogP contribution in [0, 0.1) is 6.92 Å². The van der Waals surface area contributed by atoms with Crippen molar-refractivity contribution in [3.8, 4) is 0 Å². The van der Waals surface area contributed by atoms with E-state index in [1.54, 1.807) is 0 Å². The van der Waals surface area contributed by atoms with Gasteiger partial charge in [0.15, 0.2) is 5.58 Å². The molecule has 2 heterocycles. The van der Waals surface area contributed by atoms with Crippen molar-refractivity contribution in [3.63, 3.8) is 0 Å². The lowest BCUT2D eigenvalue weighted by Gasteiger charge is -2.33. The van der Waals surface area contributed by atoms with Gasteiger partial charge in [-0.25, -0.2) is 0 Å². The summed E-state index contributed by atoms with van der Waals surface area (Å²) in [6.45, 7) is 6.43. The fourth-order valence-corrected chi connectivity index (χ4v) is 2.88. The number of rotatable bonds is 2. The molecule has 0 amide bonds. The van der Waals surface area contributed by atoms with Crippen molar-refractivity contribution in [3.05, 3.63) is 23.8 Å². The Hall–Kier alpha value is -1.55. The molecule has 0 spiro atoms. The first-order valence-corrected chi connectivity index (χ1v) is 7.16. The van der Waals surface area contributed by atoms with Gasteiger partial charge in [0.05, 0.1) is 0 Å². The quantitative estimate of drug-likeness (QED) is 0.827. The minimum absolute atomic E-state index is 0.788. The second-order valence-electron chi connectivity index (χ2n) is 5.72. The van der Waals surface area contributed by atoms with Crippen LogP contribution in [0.15, 0.2) is 22.6 Å². The Balaban J connectivity index is 1.54. The molecule has 2 aromatic rings. The third kappa shape index (κ3) is 2.10.